The molecule has 2 aliphatic rings. The van der Waals surface area contributed by atoms with E-state index in [2.05, 4.69) is 14.9 Å². The van der Waals surface area contributed by atoms with Gasteiger partial charge in [-0.15, -0.1) is 0 Å². The van der Waals surface area contributed by atoms with Crippen LogP contribution in [-0.4, -0.2) is 72.3 Å². The second-order valence-electron chi connectivity index (χ2n) is 5.89. The maximum absolute atomic E-state index is 10.6. The molecule has 2 fully saturated rings. The molecule has 0 radical (unpaired) electrons. The third kappa shape index (κ3) is 5.42. The third-order valence-corrected chi connectivity index (χ3v) is 4.28. The number of fused-ring (bicyclic) bond motifs is 1. The number of ether oxygens (including phenoxy) is 3. The standard InChI is InChI=1S/C14H21N3O3.C2HF3O2/c1-3-19-11-4-6-17(10-5-7-20-14(10)11)12-8-13(18-2)16-9-15-12;3-2(4,5)1(6)7/h8-11,14H,3-7H2,1-2H3;(H,6,7)/t10-,11+,14-;/m0./s1. The maximum Gasteiger partial charge on any atom is 0.490 e. The van der Waals surface area contributed by atoms with Crippen molar-refractivity contribution in [3.63, 3.8) is 0 Å². The van der Waals surface area contributed by atoms with Gasteiger partial charge in [0.05, 0.1) is 19.3 Å². The molecule has 0 saturated carbocycles. The number of alkyl halides is 3. The first-order valence-electron chi connectivity index (χ1n) is 8.44. The van der Waals surface area contributed by atoms with Gasteiger partial charge in [-0.3, -0.25) is 0 Å². The molecule has 0 amide bonds. The number of carboxylic acid groups (broad SMARTS) is 1. The summed E-state index contributed by atoms with van der Waals surface area (Å²) >= 11 is 0. The number of methoxy groups -OCH3 is 1. The molecule has 3 heterocycles. The highest BCUT2D eigenvalue weighted by Gasteiger charge is 2.43. The van der Waals surface area contributed by atoms with Crippen LogP contribution in [-0.2, 0) is 14.3 Å². The molecule has 1 N–H and O–H groups in total. The van der Waals surface area contributed by atoms with Crippen molar-refractivity contribution < 1.29 is 37.3 Å². The first kappa shape index (κ1) is 21.2. The summed E-state index contributed by atoms with van der Waals surface area (Å²) in [5.41, 5.74) is 0. The Kier molecular flexibility index (Phi) is 7.19. The van der Waals surface area contributed by atoms with Crippen LogP contribution < -0.4 is 9.64 Å². The summed E-state index contributed by atoms with van der Waals surface area (Å²) in [6.45, 7) is 4.48. The van der Waals surface area contributed by atoms with Gasteiger partial charge >= 0.3 is 12.1 Å². The highest BCUT2D eigenvalue weighted by molar-refractivity contribution is 5.73. The second kappa shape index (κ2) is 9.18. The van der Waals surface area contributed by atoms with Gasteiger partial charge in [0.1, 0.15) is 18.2 Å². The zero-order valence-electron chi connectivity index (χ0n) is 15.0. The first-order chi connectivity index (χ1) is 12.8. The Bertz CT molecular complexity index is 632. The molecule has 1 aromatic heterocycles. The second-order valence-corrected chi connectivity index (χ2v) is 5.89. The number of halogens is 3. The average molecular weight is 393 g/mol. The van der Waals surface area contributed by atoms with E-state index in [0.717, 1.165) is 38.4 Å². The van der Waals surface area contributed by atoms with Crippen LogP contribution in [0.25, 0.3) is 0 Å². The molecule has 0 aliphatic carbocycles. The van der Waals surface area contributed by atoms with E-state index in [9.17, 15) is 13.2 Å². The SMILES string of the molecule is CCO[C@@H]1CCN(c2cc(OC)ncn2)[C@H]2CCO[C@H]12.O=C(O)C(F)(F)F. The van der Waals surface area contributed by atoms with E-state index in [1.54, 1.807) is 13.4 Å². The van der Waals surface area contributed by atoms with Crippen molar-refractivity contribution in [3.05, 3.63) is 12.4 Å². The summed E-state index contributed by atoms with van der Waals surface area (Å²) in [5, 5.41) is 7.12. The van der Waals surface area contributed by atoms with Gasteiger partial charge in [0.15, 0.2) is 0 Å². The fourth-order valence-electron chi connectivity index (χ4n) is 3.16. The monoisotopic (exact) mass is 393 g/mol. The molecule has 27 heavy (non-hydrogen) atoms. The minimum absolute atomic E-state index is 0.143. The highest BCUT2D eigenvalue weighted by atomic mass is 19.4. The first-order valence-corrected chi connectivity index (χ1v) is 8.44. The number of rotatable bonds is 4. The molecule has 0 unspecified atom stereocenters. The van der Waals surface area contributed by atoms with Gasteiger partial charge in [0.25, 0.3) is 0 Å². The molecule has 3 rings (SSSR count). The molecule has 2 saturated heterocycles. The van der Waals surface area contributed by atoms with Gasteiger partial charge in [-0.2, -0.15) is 13.2 Å². The Hall–Kier alpha value is -2.14. The summed E-state index contributed by atoms with van der Waals surface area (Å²) in [5.74, 6) is -1.25. The molecule has 8 nitrogen and oxygen atoms in total. The van der Waals surface area contributed by atoms with E-state index in [1.807, 2.05) is 13.0 Å². The molecule has 1 aromatic rings. The van der Waals surface area contributed by atoms with Gasteiger partial charge < -0.3 is 24.2 Å². The van der Waals surface area contributed by atoms with Crippen LogP contribution in [0.2, 0.25) is 0 Å². The lowest BCUT2D eigenvalue weighted by molar-refractivity contribution is -0.192. The van der Waals surface area contributed by atoms with Crippen molar-refractivity contribution in [2.75, 3.05) is 31.8 Å². The van der Waals surface area contributed by atoms with E-state index >= 15 is 0 Å². The minimum Gasteiger partial charge on any atom is -0.481 e. The van der Waals surface area contributed by atoms with Crippen LogP contribution in [0.1, 0.15) is 19.8 Å². The van der Waals surface area contributed by atoms with Gasteiger partial charge in [-0.1, -0.05) is 0 Å². The maximum atomic E-state index is 10.6. The predicted molar refractivity (Wildman–Crippen MR) is 87.8 cm³/mol. The quantitative estimate of drug-likeness (QED) is 0.829. The van der Waals surface area contributed by atoms with Crippen molar-refractivity contribution in [1.82, 2.24) is 9.97 Å². The lowest BCUT2D eigenvalue weighted by Gasteiger charge is -2.41. The Morgan fingerprint density at radius 2 is 2.11 bits per heavy atom. The van der Waals surface area contributed by atoms with Crippen LogP contribution in [0.3, 0.4) is 0 Å². The van der Waals surface area contributed by atoms with Gasteiger partial charge in [-0.05, 0) is 19.8 Å². The number of anilines is 1. The van der Waals surface area contributed by atoms with E-state index in [-0.39, 0.29) is 12.2 Å². The summed E-state index contributed by atoms with van der Waals surface area (Å²) in [7, 11) is 1.62. The molecular weight excluding hydrogens is 371 g/mol. The van der Waals surface area contributed by atoms with Crippen molar-refractivity contribution in [1.29, 1.82) is 0 Å². The number of nitrogens with zero attached hydrogens (tertiary/aromatic N) is 3. The van der Waals surface area contributed by atoms with Crippen molar-refractivity contribution in [3.8, 4) is 5.88 Å². The molecule has 0 aromatic carbocycles. The lowest BCUT2D eigenvalue weighted by atomic mass is 9.95. The number of hydrogen-bond donors (Lipinski definition) is 1. The largest absolute Gasteiger partial charge is 0.490 e. The number of hydrogen-bond acceptors (Lipinski definition) is 7. The van der Waals surface area contributed by atoms with Gasteiger partial charge in [0, 0.05) is 25.8 Å². The molecule has 11 heteroatoms. The molecule has 152 valence electrons. The van der Waals surface area contributed by atoms with E-state index in [0.29, 0.717) is 11.9 Å². The van der Waals surface area contributed by atoms with Crippen LogP contribution in [0.15, 0.2) is 12.4 Å². The van der Waals surface area contributed by atoms with E-state index in [4.69, 9.17) is 24.1 Å². The van der Waals surface area contributed by atoms with Crippen LogP contribution in [0.5, 0.6) is 5.88 Å². The summed E-state index contributed by atoms with van der Waals surface area (Å²) < 4.78 is 48.6. The fraction of sp³-hybridized carbons (Fsp3) is 0.688. The van der Waals surface area contributed by atoms with Gasteiger partial charge in [0.2, 0.25) is 5.88 Å². The Labute approximate surface area is 154 Å². The molecular formula is C16H22F3N3O5. The highest BCUT2D eigenvalue weighted by Crippen LogP contribution is 2.33. The normalized spacial score (nSPS) is 24.6. The van der Waals surface area contributed by atoms with Crippen molar-refractivity contribution in [2.24, 2.45) is 0 Å². The zero-order valence-corrected chi connectivity index (χ0v) is 15.0. The van der Waals surface area contributed by atoms with Crippen LogP contribution in [0.4, 0.5) is 19.0 Å². The number of carbonyl (C=O) groups is 1. The molecule has 0 spiro atoms. The van der Waals surface area contributed by atoms with Crippen LogP contribution >= 0.6 is 0 Å². The number of carboxylic acids is 1. The van der Waals surface area contributed by atoms with E-state index < -0.39 is 12.1 Å². The van der Waals surface area contributed by atoms with Crippen LogP contribution in [0, 0.1) is 0 Å². The Morgan fingerprint density at radius 3 is 2.70 bits per heavy atom. The number of aromatic nitrogens is 2. The van der Waals surface area contributed by atoms with E-state index in [1.165, 1.54) is 0 Å². The topological polar surface area (TPSA) is 94.0 Å². The molecule has 2 aliphatic heterocycles. The smallest absolute Gasteiger partial charge is 0.481 e. The third-order valence-electron chi connectivity index (χ3n) is 4.28. The van der Waals surface area contributed by atoms with Crippen molar-refractivity contribution >= 4 is 11.8 Å². The minimum atomic E-state index is -5.08. The van der Waals surface area contributed by atoms with Gasteiger partial charge in [-0.25, -0.2) is 14.8 Å². The summed E-state index contributed by atoms with van der Waals surface area (Å²) in [6.07, 6.45) is -1.22. The fourth-order valence-corrected chi connectivity index (χ4v) is 3.16. The number of aliphatic carboxylic acids is 1. The Morgan fingerprint density at radius 1 is 1.41 bits per heavy atom. The molecule has 0 bridgehead atoms. The Balaban J connectivity index is 0.000000321. The summed E-state index contributed by atoms with van der Waals surface area (Å²) in [6, 6.07) is 2.22. The summed E-state index contributed by atoms with van der Waals surface area (Å²) in [4.78, 5) is 19.6. The predicted octanol–water partition coefficient (Wildman–Crippen LogP) is 1.89. The average Bonchev–Trinajstić information content (AvgIpc) is 3.12. The molecule has 3 atom stereocenters. The lowest BCUT2D eigenvalue weighted by Crippen LogP contribution is -2.53. The zero-order chi connectivity index (χ0) is 20.0. The van der Waals surface area contributed by atoms with Crippen molar-refractivity contribution in [2.45, 2.75) is 44.2 Å². The number of piperidine rings is 1.